The lowest BCUT2D eigenvalue weighted by Gasteiger charge is -2.23. The van der Waals surface area contributed by atoms with Gasteiger partial charge in [-0.15, -0.1) is 0 Å². The van der Waals surface area contributed by atoms with E-state index in [4.69, 9.17) is 10.6 Å². The third-order valence-electron chi connectivity index (χ3n) is 2.44. The molecule has 0 bridgehead atoms. The van der Waals surface area contributed by atoms with Gasteiger partial charge in [0.05, 0.1) is 19.2 Å². The van der Waals surface area contributed by atoms with Gasteiger partial charge in [0.15, 0.2) is 0 Å². The number of carbonyl (C=O) groups is 1. The van der Waals surface area contributed by atoms with Crippen molar-refractivity contribution in [2.75, 3.05) is 33.4 Å². The number of carbonyl (C=O) groups excluding carboxylic acids is 1. The first kappa shape index (κ1) is 13.7. The number of nitrogens with one attached hydrogen (secondary N) is 2. The van der Waals surface area contributed by atoms with Gasteiger partial charge in [0.2, 0.25) is 11.9 Å². The van der Waals surface area contributed by atoms with E-state index in [9.17, 15) is 4.79 Å². The number of ether oxygens (including phenoxy) is 1. The van der Waals surface area contributed by atoms with Crippen molar-refractivity contribution in [2.24, 2.45) is 10.8 Å². The van der Waals surface area contributed by atoms with Crippen LogP contribution in [-0.4, -0.2) is 56.2 Å². The van der Waals surface area contributed by atoms with Crippen molar-refractivity contribution in [2.45, 2.75) is 19.4 Å². The van der Waals surface area contributed by atoms with Crippen molar-refractivity contribution in [1.82, 2.24) is 15.6 Å². The van der Waals surface area contributed by atoms with Crippen LogP contribution in [0, 0.1) is 0 Å². The predicted octanol–water partition coefficient (Wildman–Crippen LogP) is -1.34. The first-order chi connectivity index (χ1) is 8.17. The number of guanidine groups is 1. The molecule has 0 radical (unpaired) electrons. The summed E-state index contributed by atoms with van der Waals surface area (Å²) < 4.78 is 5.01. The van der Waals surface area contributed by atoms with Gasteiger partial charge < -0.3 is 15.0 Å². The van der Waals surface area contributed by atoms with E-state index in [1.54, 1.807) is 7.11 Å². The molecule has 0 aromatic carbocycles. The third-order valence-corrected chi connectivity index (χ3v) is 2.44. The minimum atomic E-state index is -0.00940. The lowest BCUT2D eigenvalue weighted by Crippen LogP contribution is -2.48. The van der Waals surface area contributed by atoms with Crippen LogP contribution in [0.3, 0.4) is 0 Å². The van der Waals surface area contributed by atoms with E-state index in [0.717, 1.165) is 13.0 Å². The second kappa shape index (κ2) is 7.08. The summed E-state index contributed by atoms with van der Waals surface area (Å²) in [6, 6.07) is -0.00244. The molecule has 1 saturated heterocycles. The Balaban J connectivity index is 2.67. The number of amides is 1. The highest BCUT2D eigenvalue weighted by Gasteiger charge is 2.18. The molecule has 0 spiro atoms. The molecule has 1 rings (SSSR count). The topological polar surface area (TPSA) is 92.0 Å². The fourth-order valence-corrected chi connectivity index (χ4v) is 1.68. The molecule has 1 aliphatic rings. The van der Waals surface area contributed by atoms with E-state index in [1.165, 1.54) is 0 Å². The number of hydrogen-bond donors (Lipinski definition) is 3. The summed E-state index contributed by atoms with van der Waals surface area (Å²) in [7, 11) is 1.63. The molecule has 4 N–H and O–H groups in total. The zero-order chi connectivity index (χ0) is 12.7. The van der Waals surface area contributed by atoms with Crippen LogP contribution in [0.1, 0.15) is 13.3 Å². The molecule has 0 aliphatic carbocycles. The molecule has 1 heterocycles. The van der Waals surface area contributed by atoms with E-state index in [2.05, 4.69) is 15.7 Å². The average Bonchev–Trinajstić information content (AvgIpc) is 2.51. The molecule has 0 aromatic rings. The summed E-state index contributed by atoms with van der Waals surface area (Å²) in [5.41, 5.74) is 2.55. The van der Waals surface area contributed by atoms with Crippen LogP contribution in [-0.2, 0) is 9.53 Å². The Hall–Kier alpha value is -1.34. The van der Waals surface area contributed by atoms with Gasteiger partial charge in [-0.25, -0.2) is 10.8 Å². The van der Waals surface area contributed by atoms with Crippen LogP contribution in [0.5, 0.6) is 0 Å². The Bertz CT molecular complexity index is 282. The van der Waals surface area contributed by atoms with E-state index in [0.29, 0.717) is 19.1 Å². The maximum absolute atomic E-state index is 11.4. The summed E-state index contributed by atoms with van der Waals surface area (Å²) in [5.74, 6) is 5.97. The number of hydrogen-bond acceptors (Lipinski definition) is 4. The summed E-state index contributed by atoms with van der Waals surface area (Å²) in [5, 5.41) is 2.80. The van der Waals surface area contributed by atoms with Crippen molar-refractivity contribution in [3.05, 3.63) is 0 Å². The van der Waals surface area contributed by atoms with Crippen LogP contribution in [0.15, 0.2) is 4.99 Å². The Morgan fingerprint density at radius 2 is 2.53 bits per heavy atom. The minimum absolute atomic E-state index is 0.00244. The molecule has 98 valence electrons. The third kappa shape index (κ3) is 4.58. The molecule has 1 amide bonds. The Labute approximate surface area is 101 Å². The number of aliphatic imine (C=N–C) groups is 1. The predicted molar refractivity (Wildman–Crippen MR) is 65.3 cm³/mol. The highest BCUT2D eigenvalue weighted by atomic mass is 16.5. The van der Waals surface area contributed by atoms with E-state index >= 15 is 0 Å². The molecule has 1 atom stereocenters. The molecule has 7 nitrogen and oxygen atoms in total. The monoisotopic (exact) mass is 243 g/mol. The average molecular weight is 243 g/mol. The molecule has 1 fully saturated rings. The first-order valence-corrected chi connectivity index (χ1v) is 5.72. The van der Waals surface area contributed by atoms with Gasteiger partial charge >= 0.3 is 0 Å². The van der Waals surface area contributed by atoms with Crippen molar-refractivity contribution in [3.63, 3.8) is 0 Å². The van der Waals surface area contributed by atoms with Crippen molar-refractivity contribution in [3.8, 4) is 0 Å². The van der Waals surface area contributed by atoms with Crippen molar-refractivity contribution >= 4 is 11.9 Å². The van der Waals surface area contributed by atoms with Crippen LogP contribution in [0.25, 0.3) is 0 Å². The van der Waals surface area contributed by atoms with Crippen LogP contribution in [0.4, 0.5) is 0 Å². The second-order valence-electron chi connectivity index (χ2n) is 4.03. The van der Waals surface area contributed by atoms with Gasteiger partial charge in [-0.1, -0.05) is 0 Å². The fraction of sp³-hybridized carbons (Fsp3) is 0.800. The van der Waals surface area contributed by atoms with Gasteiger partial charge in [-0.05, 0) is 13.3 Å². The van der Waals surface area contributed by atoms with Gasteiger partial charge in [-0.3, -0.25) is 10.2 Å². The number of nitrogens with zero attached hydrogens (tertiary/aromatic N) is 2. The first-order valence-electron chi connectivity index (χ1n) is 5.72. The summed E-state index contributed by atoms with van der Waals surface area (Å²) in [6.07, 6.45) is 0.880. The molecular formula is C10H21N5O2. The number of hydrazine groups is 1. The maximum Gasteiger partial charge on any atom is 0.239 e. The normalized spacial score (nSPS) is 19.6. The fourth-order valence-electron chi connectivity index (χ4n) is 1.68. The van der Waals surface area contributed by atoms with E-state index < -0.39 is 0 Å². The Morgan fingerprint density at radius 1 is 1.76 bits per heavy atom. The van der Waals surface area contributed by atoms with Crippen molar-refractivity contribution < 1.29 is 9.53 Å². The smallest absolute Gasteiger partial charge is 0.239 e. The zero-order valence-electron chi connectivity index (χ0n) is 10.4. The molecule has 0 saturated carbocycles. The highest BCUT2D eigenvalue weighted by molar-refractivity contribution is 5.86. The lowest BCUT2D eigenvalue weighted by molar-refractivity contribution is -0.120. The maximum atomic E-state index is 11.4. The van der Waals surface area contributed by atoms with Crippen LogP contribution in [0.2, 0.25) is 0 Å². The zero-order valence-corrected chi connectivity index (χ0v) is 10.4. The number of rotatable bonds is 3. The Morgan fingerprint density at radius 3 is 3.18 bits per heavy atom. The Kier molecular flexibility index (Phi) is 5.71. The summed E-state index contributed by atoms with van der Waals surface area (Å²) in [4.78, 5) is 17.7. The van der Waals surface area contributed by atoms with Gasteiger partial charge in [0.25, 0.3) is 0 Å². The second-order valence-corrected chi connectivity index (χ2v) is 4.03. The molecule has 7 heteroatoms. The quantitative estimate of drug-likeness (QED) is 0.247. The SMILES string of the molecule is COCC(C)N=C(NN)N1CCCNC(=O)C1. The van der Waals surface area contributed by atoms with E-state index in [1.807, 2.05) is 11.8 Å². The van der Waals surface area contributed by atoms with Gasteiger partial charge in [0, 0.05) is 20.2 Å². The largest absolute Gasteiger partial charge is 0.382 e. The number of methoxy groups -OCH3 is 1. The highest BCUT2D eigenvalue weighted by Crippen LogP contribution is 1.99. The summed E-state index contributed by atoms with van der Waals surface area (Å²) in [6.45, 7) is 4.18. The van der Waals surface area contributed by atoms with E-state index in [-0.39, 0.29) is 18.5 Å². The van der Waals surface area contributed by atoms with Crippen LogP contribution >= 0.6 is 0 Å². The van der Waals surface area contributed by atoms with Crippen molar-refractivity contribution in [1.29, 1.82) is 0 Å². The van der Waals surface area contributed by atoms with Gasteiger partial charge in [0.1, 0.15) is 0 Å². The molecular weight excluding hydrogens is 222 g/mol. The molecule has 1 unspecified atom stereocenters. The van der Waals surface area contributed by atoms with Gasteiger partial charge in [-0.2, -0.15) is 0 Å². The molecule has 1 aliphatic heterocycles. The summed E-state index contributed by atoms with van der Waals surface area (Å²) >= 11 is 0. The standard InChI is InChI=1S/C10H21N5O2/c1-8(7-17-2)13-10(14-11)15-5-3-4-12-9(16)6-15/h8H,3-7,11H2,1-2H3,(H,12,16)(H,13,14). The number of nitrogens with two attached hydrogens (primary N) is 1. The minimum Gasteiger partial charge on any atom is -0.382 e. The molecule has 17 heavy (non-hydrogen) atoms. The lowest BCUT2D eigenvalue weighted by atomic mass is 10.4. The molecule has 0 aromatic heterocycles. The van der Waals surface area contributed by atoms with Crippen LogP contribution < -0.4 is 16.6 Å².